The zero-order chi connectivity index (χ0) is 20.4. The number of ether oxygens (including phenoxy) is 1. The molecule has 0 saturated carbocycles. The Morgan fingerprint density at radius 3 is 2.68 bits per heavy atom. The largest absolute Gasteiger partial charge is 0.491 e. The minimum absolute atomic E-state index is 0.0218. The van der Waals surface area contributed by atoms with Crippen molar-refractivity contribution >= 4 is 60.6 Å². The summed E-state index contributed by atoms with van der Waals surface area (Å²) in [5.74, 6) is 1.19. The molecule has 0 N–H and O–H groups in total. The Labute approximate surface area is 184 Å². The van der Waals surface area contributed by atoms with Crippen LogP contribution in [0, 0.1) is 0 Å². The first-order chi connectivity index (χ1) is 13.3. The van der Waals surface area contributed by atoms with Gasteiger partial charge in [0.1, 0.15) is 5.82 Å². The number of hydrogen-bond acceptors (Lipinski definition) is 4. The molecule has 0 aliphatic rings. The minimum Gasteiger partial charge on any atom is -0.491 e. The average Bonchev–Trinajstić information content (AvgIpc) is 2.64. The van der Waals surface area contributed by atoms with E-state index in [0.29, 0.717) is 34.1 Å². The average molecular weight is 528 g/mol. The summed E-state index contributed by atoms with van der Waals surface area (Å²) >= 11 is 13.2. The molecule has 0 spiro atoms. The van der Waals surface area contributed by atoms with Crippen LogP contribution in [0.3, 0.4) is 0 Å². The quantitative estimate of drug-likeness (QED) is 0.384. The van der Waals surface area contributed by atoms with Crippen LogP contribution >= 0.6 is 43.5 Å². The molecule has 3 aromatic rings. The predicted octanol–water partition coefficient (Wildman–Crippen LogP) is 5.98. The van der Waals surface area contributed by atoms with Gasteiger partial charge in [0.25, 0.3) is 5.56 Å². The highest BCUT2D eigenvalue weighted by Crippen LogP contribution is 2.34. The van der Waals surface area contributed by atoms with Crippen molar-refractivity contribution in [2.45, 2.75) is 26.7 Å². The molecule has 5 nitrogen and oxygen atoms in total. The van der Waals surface area contributed by atoms with E-state index in [1.165, 1.54) is 4.68 Å². The fourth-order valence-corrected chi connectivity index (χ4v) is 4.06. The molecule has 0 aliphatic heterocycles. The van der Waals surface area contributed by atoms with Crippen molar-refractivity contribution in [3.63, 3.8) is 0 Å². The van der Waals surface area contributed by atoms with Crippen molar-refractivity contribution in [1.29, 1.82) is 0 Å². The van der Waals surface area contributed by atoms with Gasteiger partial charge < -0.3 is 4.74 Å². The van der Waals surface area contributed by atoms with E-state index in [1.54, 1.807) is 18.3 Å². The molecule has 0 fully saturated rings. The Balaban J connectivity index is 2.12. The highest BCUT2D eigenvalue weighted by Gasteiger charge is 2.14. The van der Waals surface area contributed by atoms with Crippen LogP contribution in [0.15, 0.2) is 49.2 Å². The fraction of sp³-hybridized carbons (Fsp3) is 0.250. The molecule has 0 aliphatic carbocycles. The highest BCUT2D eigenvalue weighted by atomic mass is 79.9. The first-order valence-electron chi connectivity index (χ1n) is 8.70. The van der Waals surface area contributed by atoms with Crippen molar-refractivity contribution in [3.05, 3.63) is 66.0 Å². The molecule has 0 unspecified atom stereocenters. The third-order valence-electron chi connectivity index (χ3n) is 3.98. The molecule has 28 heavy (non-hydrogen) atoms. The summed E-state index contributed by atoms with van der Waals surface area (Å²) in [6, 6.07) is 9.03. The Hall–Kier alpha value is -1.70. The molecule has 146 valence electrons. The third kappa shape index (κ3) is 4.31. The van der Waals surface area contributed by atoms with Gasteiger partial charge in [0.2, 0.25) is 0 Å². The summed E-state index contributed by atoms with van der Waals surface area (Å²) in [6.07, 6.45) is 1.59. The van der Waals surface area contributed by atoms with Crippen molar-refractivity contribution in [3.8, 4) is 5.75 Å². The van der Waals surface area contributed by atoms with Crippen LogP contribution in [-0.4, -0.2) is 22.5 Å². The predicted molar refractivity (Wildman–Crippen MR) is 121 cm³/mol. The lowest BCUT2D eigenvalue weighted by Gasteiger charge is -2.12. The van der Waals surface area contributed by atoms with E-state index in [4.69, 9.17) is 16.3 Å². The number of aromatic nitrogens is 2. The number of nitrogens with zero attached hydrogens (tertiary/aromatic N) is 3. The second-order valence-electron chi connectivity index (χ2n) is 6.39. The van der Waals surface area contributed by atoms with E-state index < -0.39 is 0 Å². The first kappa shape index (κ1) is 21.0. The van der Waals surface area contributed by atoms with E-state index >= 15 is 0 Å². The SMILES string of the molecule is CCOc1c(Cl)cc(C=Nn2c(C(C)C)nc3ccc(Br)cc3c2=O)cc1Br. The standard InChI is InChI=1S/C20H18Br2ClN3O2/c1-4-28-18-15(22)7-12(8-16(18)23)10-24-26-19(11(2)3)25-17-6-5-13(21)9-14(17)20(26)27/h5-11H,4H2,1-3H3. The fourth-order valence-electron chi connectivity index (χ4n) is 2.71. The smallest absolute Gasteiger partial charge is 0.282 e. The summed E-state index contributed by atoms with van der Waals surface area (Å²) in [6.45, 7) is 6.35. The Morgan fingerprint density at radius 1 is 1.29 bits per heavy atom. The van der Waals surface area contributed by atoms with Gasteiger partial charge in [-0.1, -0.05) is 41.4 Å². The van der Waals surface area contributed by atoms with Crippen LogP contribution in [-0.2, 0) is 0 Å². The van der Waals surface area contributed by atoms with E-state index in [0.717, 1.165) is 14.5 Å². The molecule has 0 radical (unpaired) electrons. The Morgan fingerprint density at radius 2 is 2.04 bits per heavy atom. The molecule has 0 bridgehead atoms. The second kappa shape index (κ2) is 8.76. The van der Waals surface area contributed by atoms with Gasteiger partial charge >= 0.3 is 0 Å². The molecular weight excluding hydrogens is 510 g/mol. The lowest BCUT2D eigenvalue weighted by Crippen LogP contribution is -2.23. The highest BCUT2D eigenvalue weighted by molar-refractivity contribution is 9.10. The number of benzene rings is 2. The molecule has 3 rings (SSSR count). The van der Waals surface area contributed by atoms with Crippen molar-refractivity contribution in [2.24, 2.45) is 5.10 Å². The van der Waals surface area contributed by atoms with Crippen LogP contribution < -0.4 is 10.3 Å². The zero-order valence-corrected chi connectivity index (χ0v) is 19.5. The van der Waals surface area contributed by atoms with Crippen LogP contribution in [0.4, 0.5) is 0 Å². The zero-order valence-electron chi connectivity index (χ0n) is 15.5. The van der Waals surface area contributed by atoms with Crippen LogP contribution in [0.25, 0.3) is 10.9 Å². The molecule has 1 aromatic heterocycles. The van der Waals surface area contributed by atoms with Gasteiger partial charge in [0, 0.05) is 10.4 Å². The summed E-state index contributed by atoms with van der Waals surface area (Å²) in [7, 11) is 0. The minimum atomic E-state index is -0.220. The number of fused-ring (bicyclic) bond motifs is 1. The van der Waals surface area contributed by atoms with Gasteiger partial charge in [-0.2, -0.15) is 9.78 Å². The van der Waals surface area contributed by atoms with Crippen molar-refractivity contribution in [2.75, 3.05) is 6.61 Å². The van der Waals surface area contributed by atoms with E-state index in [2.05, 4.69) is 41.9 Å². The molecule has 2 aromatic carbocycles. The first-order valence-corrected chi connectivity index (χ1v) is 10.7. The lowest BCUT2D eigenvalue weighted by molar-refractivity contribution is 0.338. The van der Waals surface area contributed by atoms with Gasteiger partial charge in [-0.3, -0.25) is 4.79 Å². The maximum Gasteiger partial charge on any atom is 0.282 e. The van der Waals surface area contributed by atoms with Crippen molar-refractivity contribution in [1.82, 2.24) is 9.66 Å². The normalized spacial score (nSPS) is 11.7. The van der Waals surface area contributed by atoms with Gasteiger partial charge in [-0.05, 0) is 58.7 Å². The molecule has 8 heteroatoms. The van der Waals surface area contributed by atoms with Gasteiger partial charge in [-0.25, -0.2) is 4.98 Å². The maximum absolute atomic E-state index is 13.0. The lowest BCUT2D eigenvalue weighted by atomic mass is 10.2. The number of halogens is 3. The van der Waals surface area contributed by atoms with Crippen LogP contribution in [0.5, 0.6) is 5.75 Å². The van der Waals surface area contributed by atoms with Crippen molar-refractivity contribution < 1.29 is 4.74 Å². The molecule has 0 amide bonds. The Kier molecular flexibility index (Phi) is 6.58. The number of hydrogen-bond donors (Lipinski definition) is 0. The van der Waals surface area contributed by atoms with Crippen LogP contribution in [0.1, 0.15) is 38.1 Å². The monoisotopic (exact) mass is 525 g/mol. The summed E-state index contributed by atoms with van der Waals surface area (Å²) in [4.78, 5) is 17.7. The van der Waals surface area contributed by atoms with E-state index in [1.807, 2.05) is 39.0 Å². The summed E-state index contributed by atoms with van der Waals surface area (Å²) < 4.78 is 8.40. The second-order valence-corrected chi connectivity index (χ2v) is 8.57. The third-order valence-corrected chi connectivity index (χ3v) is 5.34. The van der Waals surface area contributed by atoms with Crippen LogP contribution in [0.2, 0.25) is 5.02 Å². The molecule has 0 atom stereocenters. The van der Waals surface area contributed by atoms with E-state index in [9.17, 15) is 4.79 Å². The molecular formula is C20H18Br2ClN3O2. The summed E-state index contributed by atoms with van der Waals surface area (Å²) in [5.41, 5.74) is 1.16. The number of rotatable bonds is 5. The topological polar surface area (TPSA) is 56.5 Å². The molecule has 0 saturated heterocycles. The van der Waals surface area contributed by atoms with Gasteiger partial charge in [0.05, 0.1) is 33.2 Å². The van der Waals surface area contributed by atoms with E-state index in [-0.39, 0.29) is 11.5 Å². The van der Waals surface area contributed by atoms with Gasteiger partial charge in [-0.15, -0.1) is 0 Å². The maximum atomic E-state index is 13.0. The molecule has 1 heterocycles. The van der Waals surface area contributed by atoms with Gasteiger partial charge in [0.15, 0.2) is 5.75 Å². The summed E-state index contributed by atoms with van der Waals surface area (Å²) in [5, 5.41) is 5.38. The Bertz CT molecular complexity index is 1100.